The summed E-state index contributed by atoms with van der Waals surface area (Å²) in [4.78, 5) is 26.3. The molecule has 0 aliphatic carbocycles. The van der Waals surface area contributed by atoms with Gasteiger partial charge in [-0.2, -0.15) is 9.78 Å². The molecule has 0 fully saturated rings. The number of methoxy groups -OCH3 is 1. The van der Waals surface area contributed by atoms with E-state index in [-0.39, 0.29) is 11.3 Å². The zero-order valence-electron chi connectivity index (χ0n) is 17.2. The number of carbonyl (C=O) groups is 1. The van der Waals surface area contributed by atoms with E-state index in [0.29, 0.717) is 40.3 Å². The molecule has 1 aromatic heterocycles. The molecule has 0 spiro atoms. The van der Waals surface area contributed by atoms with E-state index in [1.807, 2.05) is 13.0 Å². The van der Waals surface area contributed by atoms with Crippen molar-refractivity contribution < 1.29 is 14.3 Å². The number of nitrogens with one attached hydrogen (secondary N) is 1. The lowest BCUT2D eigenvalue weighted by Crippen LogP contribution is -2.26. The summed E-state index contributed by atoms with van der Waals surface area (Å²) in [5, 5.41) is 8.13. The summed E-state index contributed by atoms with van der Waals surface area (Å²) < 4.78 is 12.1. The second kappa shape index (κ2) is 8.71. The number of anilines is 1. The highest BCUT2D eigenvalue weighted by atomic mass is 16.5. The first-order valence-corrected chi connectivity index (χ1v) is 9.82. The van der Waals surface area contributed by atoms with E-state index in [1.165, 1.54) is 4.68 Å². The van der Waals surface area contributed by atoms with Gasteiger partial charge in [-0.3, -0.25) is 9.59 Å². The van der Waals surface area contributed by atoms with Crippen LogP contribution >= 0.6 is 0 Å². The van der Waals surface area contributed by atoms with E-state index >= 15 is 0 Å². The zero-order valence-corrected chi connectivity index (χ0v) is 17.2. The van der Waals surface area contributed by atoms with Crippen LogP contribution in [-0.4, -0.2) is 29.4 Å². The van der Waals surface area contributed by atoms with Crippen molar-refractivity contribution in [2.75, 3.05) is 19.0 Å². The lowest BCUT2D eigenvalue weighted by Gasteiger charge is -2.14. The smallest absolute Gasteiger partial charge is 0.279 e. The summed E-state index contributed by atoms with van der Waals surface area (Å²) in [6.07, 6.45) is 0. The average Bonchev–Trinajstić information content (AvgIpc) is 2.81. The number of ether oxygens (including phenoxy) is 2. The Labute approximate surface area is 178 Å². The zero-order chi connectivity index (χ0) is 21.8. The minimum atomic E-state index is -0.444. The van der Waals surface area contributed by atoms with Crippen molar-refractivity contribution in [1.82, 2.24) is 9.78 Å². The van der Waals surface area contributed by atoms with Gasteiger partial charge in [0.05, 0.1) is 30.5 Å². The number of fused-ring (bicyclic) bond motifs is 1. The minimum Gasteiger partial charge on any atom is -0.497 e. The fourth-order valence-corrected chi connectivity index (χ4v) is 3.31. The predicted molar refractivity (Wildman–Crippen MR) is 119 cm³/mol. The summed E-state index contributed by atoms with van der Waals surface area (Å²) in [5.74, 6) is 0.694. The van der Waals surface area contributed by atoms with E-state index in [0.717, 1.165) is 0 Å². The second-order valence-corrected chi connectivity index (χ2v) is 6.70. The van der Waals surface area contributed by atoms with Crippen molar-refractivity contribution in [2.45, 2.75) is 6.92 Å². The van der Waals surface area contributed by atoms with E-state index in [4.69, 9.17) is 9.47 Å². The second-order valence-electron chi connectivity index (χ2n) is 6.70. The van der Waals surface area contributed by atoms with E-state index < -0.39 is 5.91 Å². The largest absolute Gasteiger partial charge is 0.497 e. The summed E-state index contributed by atoms with van der Waals surface area (Å²) in [5.41, 5.74) is 0.831. The molecule has 0 saturated heterocycles. The molecule has 4 aromatic rings. The van der Waals surface area contributed by atoms with Gasteiger partial charge in [-0.05, 0) is 37.3 Å². The summed E-state index contributed by atoms with van der Waals surface area (Å²) in [7, 11) is 1.55. The van der Waals surface area contributed by atoms with Gasteiger partial charge in [0.2, 0.25) is 0 Å². The van der Waals surface area contributed by atoms with Crippen LogP contribution in [0, 0.1) is 0 Å². The number of nitrogens with zero attached hydrogens (tertiary/aromatic N) is 2. The molecule has 0 atom stereocenters. The van der Waals surface area contributed by atoms with E-state index in [9.17, 15) is 9.59 Å². The Morgan fingerprint density at radius 1 is 1.00 bits per heavy atom. The third-order valence-electron chi connectivity index (χ3n) is 4.75. The molecule has 0 saturated carbocycles. The van der Waals surface area contributed by atoms with Gasteiger partial charge in [-0.1, -0.05) is 36.4 Å². The molecule has 31 heavy (non-hydrogen) atoms. The molecular formula is C24H21N3O4. The molecule has 1 N–H and O–H groups in total. The number of hydrogen-bond donors (Lipinski definition) is 1. The van der Waals surface area contributed by atoms with Gasteiger partial charge in [0.25, 0.3) is 11.5 Å². The van der Waals surface area contributed by atoms with Gasteiger partial charge in [0, 0.05) is 11.5 Å². The van der Waals surface area contributed by atoms with Gasteiger partial charge in [-0.15, -0.1) is 0 Å². The highest BCUT2D eigenvalue weighted by Crippen LogP contribution is 2.25. The number of aromatic nitrogens is 2. The first-order chi connectivity index (χ1) is 15.1. The normalized spacial score (nSPS) is 10.6. The predicted octanol–water partition coefficient (Wildman–Crippen LogP) is 4.05. The van der Waals surface area contributed by atoms with Crippen LogP contribution in [0.25, 0.3) is 16.5 Å². The Morgan fingerprint density at radius 3 is 2.52 bits per heavy atom. The fraction of sp³-hybridized carbons (Fsp3) is 0.125. The van der Waals surface area contributed by atoms with Crippen LogP contribution in [0.5, 0.6) is 11.5 Å². The molecule has 7 nitrogen and oxygen atoms in total. The summed E-state index contributed by atoms with van der Waals surface area (Å²) >= 11 is 0. The number of rotatable bonds is 6. The average molecular weight is 415 g/mol. The highest BCUT2D eigenvalue weighted by molar-refractivity contribution is 6.11. The molecule has 1 amide bonds. The van der Waals surface area contributed by atoms with Crippen molar-refractivity contribution in [3.63, 3.8) is 0 Å². The van der Waals surface area contributed by atoms with Crippen molar-refractivity contribution in [1.29, 1.82) is 0 Å². The van der Waals surface area contributed by atoms with Crippen LogP contribution < -0.4 is 20.3 Å². The van der Waals surface area contributed by atoms with Gasteiger partial charge < -0.3 is 14.8 Å². The van der Waals surface area contributed by atoms with E-state index in [1.54, 1.807) is 73.8 Å². The lowest BCUT2D eigenvalue weighted by atomic mass is 10.1. The summed E-state index contributed by atoms with van der Waals surface area (Å²) in [6, 6.07) is 21.0. The van der Waals surface area contributed by atoms with Gasteiger partial charge in [0.1, 0.15) is 11.5 Å². The van der Waals surface area contributed by atoms with Crippen molar-refractivity contribution in [3.8, 4) is 17.2 Å². The Hall–Kier alpha value is -4.13. The van der Waals surface area contributed by atoms with Gasteiger partial charge in [0.15, 0.2) is 5.69 Å². The van der Waals surface area contributed by atoms with Crippen LogP contribution in [0.1, 0.15) is 17.4 Å². The Kier molecular flexibility index (Phi) is 5.66. The summed E-state index contributed by atoms with van der Waals surface area (Å²) in [6.45, 7) is 2.34. The minimum absolute atomic E-state index is 0.129. The first kappa shape index (κ1) is 20.2. The molecule has 0 aliphatic rings. The molecule has 0 aliphatic heterocycles. The number of para-hydroxylation sites is 2. The van der Waals surface area contributed by atoms with Gasteiger partial charge >= 0.3 is 0 Å². The third-order valence-corrected chi connectivity index (χ3v) is 4.75. The molecule has 0 bridgehead atoms. The van der Waals surface area contributed by atoms with Crippen LogP contribution in [0.3, 0.4) is 0 Å². The Balaban J connectivity index is 1.85. The monoisotopic (exact) mass is 415 g/mol. The molecule has 1 heterocycles. The van der Waals surface area contributed by atoms with Crippen LogP contribution in [0.4, 0.5) is 5.69 Å². The standard InChI is InChI=1S/C24H21N3O4/c1-3-31-21-14-7-6-13-20(21)25-23(28)22-18-11-4-5-12-19(18)24(29)27(26-22)16-9-8-10-17(15-16)30-2/h4-15H,3H2,1-2H3,(H,25,28). The van der Waals surface area contributed by atoms with Crippen molar-refractivity contribution in [3.05, 3.63) is 88.8 Å². The maximum atomic E-state index is 13.2. The molecule has 156 valence electrons. The van der Waals surface area contributed by atoms with Crippen LogP contribution in [0.2, 0.25) is 0 Å². The maximum absolute atomic E-state index is 13.2. The van der Waals surface area contributed by atoms with Crippen LogP contribution in [-0.2, 0) is 0 Å². The molecule has 7 heteroatoms. The lowest BCUT2D eigenvalue weighted by molar-refractivity contribution is 0.102. The Bertz CT molecular complexity index is 1310. The fourth-order valence-electron chi connectivity index (χ4n) is 3.31. The molecular weight excluding hydrogens is 394 g/mol. The highest BCUT2D eigenvalue weighted by Gasteiger charge is 2.19. The molecule has 0 unspecified atom stereocenters. The van der Waals surface area contributed by atoms with E-state index in [2.05, 4.69) is 10.4 Å². The van der Waals surface area contributed by atoms with Gasteiger partial charge in [-0.25, -0.2) is 0 Å². The Morgan fingerprint density at radius 2 is 1.74 bits per heavy atom. The number of carbonyl (C=O) groups excluding carboxylic acids is 1. The molecule has 3 aromatic carbocycles. The van der Waals surface area contributed by atoms with Crippen LogP contribution in [0.15, 0.2) is 77.6 Å². The molecule has 4 rings (SSSR count). The molecule has 0 radical (unpaired) electrons. The quantitative estimate of drug-likeness (QED) is 0.514. The first-order valence-electron chi connectivity index (χ1n) is 9.82. The SMILES string of the molecule is CCOc1ccccc1NC(=O)c1nn(-c2cccc(OC)c2)c(=O)c2ccccc12. The van der Waals surface area contributed by atoms with Crippen molar-refractivity contribution in [2.24, 2.45) is 0 Å². The number of amides is 1. The number of benzene rings is 3. The maximum Gasteiger partial charge on any atom is 0.279 e. The number of hydrogen-bond acceptors (Lipinski definition) is 5. The topological polar surface area (TPSA) is 82.4 Å². The third kappa shape index (κ3) is 3.98. The van der Waals surface area contributed by atoms with Crippen molar-refractivity contribution >= 4 is 22.4 Å².